The maximum absolute atomic E-state index is 9.60. The van der Waals surface area contributed by atoms with E-state index in [-0.39, 0.29) is 11.5 Å². The summed E-state index contributed by atoms with van der Waals surface area (Å²) in [5, 5.41) is 9.60. The van der Waals surface area contributed by atoms with Crippen LogP contribution in [-0.2, 0) is 0 Å². The molecule has 1 aliphatic rings. The first kappa shape index (κ1) is 12.4. The first-order valence-electron chi connectivity index (χ1n) is 6.27. The van der Waals surface area contributed by atoms with Gasteiger partial charge in [-0.05, 0) is 50.8 Å². The van der Waals surface area contributed by atoms with Crippen molar-refractivity contribution in [1.82, 2.24) is 0 Å². The molecule has 1 heterocycles. The third-order valence-electron chi connectivity index (χ3n) is 4.04. The van der Waals surface area contributed by atoms with E-state index in [9.17, 15) is 5.11 Å². The molecule has 0 aliphatic heterocycles. The van der Waals surface area contributed by atoms with E-state index in [1.165, 1.54) is 5.57 Å². The Kier molecular flexibility index (Phi) is 3.69. The lowest BCUT2D eigenvalue weighted by Crippen LogP contribution is -2.37. The van der Waals surface area contributed by atoms with Crippen molar-refractivity contribution in [3.8, 4) is 0 Å². The topological polar surface area (TPSA) is 59.4 Å². The molecule has 0 radical (unpaired) electrons. The molecule has 1 aromatic heterocycles. The van der Waals surface area contributed by atoms with Gasteiger partial charge in [0.15, 0.2) is 0 Å². The lowest BCUT2D eigenvalue weighted by molar-refractivity contribution is 0.0832. The first-order chi connectivity index (χ1) is 8.16. The van der Waals surface area contributed by atoms with Gasteiger partial charge in [0, 0.05) is 12.0 Å². The van der Waals surface area contributed by atoms with Gasteiger partial charge in [-0.25, -0.2) is 0 Å². The largest absolute Gasteiger partial charge is 0.465 e. The number of hydrogen-bond acceptors (Lipinski definition) is 3. The van der Waals surface area contributed by atoms with Crippen LogP contribution < -0.4 is 5.73 Å². The highest BCUT2D eigenvalue weighted by atomic mass is 16.3. The van der Waals surface area contributed by atoms with Crippen molar-refractivity contribution >= 4 is 6.08 Å². The molecule has 3 nitrogen and oxygen atoms in total. The lowest BCUT2D eigenvalue weighted by atomic mass is 9.68. The second-order valence-electron chi connectivity index (χ2n) is 5.06. The maximum Gasteiger partial charge on any atom is 0.126 e. The minimum atomic E-state index is -0.147. The molecule has 0 aromatic carbocycles. The van der Waals surface area contributed by atoms with Gasteiger partial charge in [-0.3, -0.25) is 0 Å². The van der Waals surface area contributed by atoms with E-state index in [1.807, 2.05) is 12.1 Å². The zero-order chi connectivity index (χ0) is 12.3. The van der Waals surface area contributed by atoms with Gasteiger partial charge in [0.25, 0.3) is 0 Å². The number of furan rings is 1. The van der Waals surface area contributed by atoms with Crippen LogP contribution in [-0.4, -0.2) is 17.8 Å². The SMILES string of the molecule is C/C(=C/c1ccco1)C1(CN)CCC(O)CC1. The van der Waals surface area contributed by atoms with Crippen LogP contribution in [0.15, 0.2) is 28.4 Å². The van der Waals surface area contributed by atoms with Crippen LogP contribution >= 0.6 is 0 Å². The molecule has 1 saturated carbocycles. The van der Waals surface area contributed by atoms with E-state index in [2.05, 4.69) is 13.0 Å². The standard InChI is InChI=1S/C14H21NO2/c1-11(9-13-3-2-8-17-13)14(10-15)6-4-12(16)5-7-14/h2-3,8-9,12,16H,4-7,10,15H2,1H3/b11-9-. The Morgan fingerprint density at radius 2 is 2.29 bits per heavy atom. The third-order valence-corrected chi connectivity index (χ3v) is 4.04. The molecule has 94 valence electrons. The Morgan fingerprint density at radius 1 is 1.59 bits per heavy atom. The van der Waals surface area contributed by atoms with Crippen molar-refractivity contribution in [2.45, 2.75) is 38.7 Å². The molecule has 2 rings (SSSR count). The zero-order valence-corrected chi connectivity index (χ0v) is 10.4. The Bertz CT molecular complexity index is 373. The van der Waals surface area contributed by atoms with E-state index in [4.69, 9.17) is 10.2 Å². The van der Waals surface area contributed by atoms with Crippen LogP contribution in [0, 0.1) is 5.41 Å². The van der Waals surface area contributed by atoms with E-state index >= 15 is 0 Å². The van der Waals surface area contributed by atoms with Crippen molar-refractivity contribution < 1.29 is 9.52 Å². The summed E-state index contributed by atoms with van der Waals surface area (Å²) in [6.07, 6.45) is 7.23. The summed E-state index contributed by atoms with van der Waals surface area (Å²) in [7, 11) is 0. The van der Waals surface area contributed by atoms with Gasteiger partial charge < -0.3 is 15.3 Å². The predicted octanol–water partition coefficient (Wildman–Crippen LogP) is 2.56. The summed E-state index contributed by atoms with van der Waals surface area (Å²) in [5.41, 5.74) is 7.27. The molecule has 17 heavy (non-hydrogen) atoms. The van der Waals surface area contributed by atoms with Gasteiger partial charge in [-0.2, -0.15) is 0 Å². The summed E-state index contributed by atoms with van der Waals surface area (Å²) in [5.74, 6) is 0.876. The average Bonchev–Trinajstić information content (AvgIpc) is 2.83. The predicted molar refractivity (Wildman–Crippen MR) is 68.3 cm³/mol. The maximum atomic E-state index is 9.60. The summed E-state index contributed by atoms with van der Waals surface area (Å²) >= 11 is 0. The lowest BCUT2D eigenvalue weighted by Gasteiger charge is -2.39. The summed E-state index contributed by atoms with van der Waals surface area (Å²) in [6, 6.07) is 3.84. The van der Waals surface area contributed by atoms with Crippen LogP contribution in [0.2, 0.25) is 0 Å². The zero-order valence-electron chi connectivity index (χ0n) is 10.4. The number of nitrogens with two attached hydrogens (primary N) is 1. The number of aliphatic hydroxyl groups is 1. The molecular formula is C14H21NO2. The fourth-order valence-electron chi connectivity index (χ4n) is 2.65. The molecule has 0 bridgehead atoms. The molecule has 3 heteroatoms. The molecule has 0 amide bonds. The van der Waals surface area contributed by atoms with Gasteiger partial charge in [-0.1, -0.05) is 5.57 Å². The van der Waals surface area contributed by atoms with Gasteiger partial charge in [0.2, 0.25) is 0 Å². The van der Waals surface area contributed by atoms with E-state index in [0.29, 0.717) is 6.54 Å². The first-order valence-corrected chi connectivity index (χ1v) is 6.27. The third kappa shape index (κ3) is 2.61. The minimum Gasteiger partial charge on any atom is -0.465 e. The fourth-order valence-corrected chi connectivity index (χ4v) is 2.65. The van der Waals surface area contributed by atoms with Crippen LogP contribution in [0.5, 0.6) is 0 Å². The molecule has 0 unspecified atom stereocenters. The van der Waals surface area contributed by atoms with E-state index in [1.54, 1.807) is 6.26 Å². The number of aliphatic hydroxyl groups excluding tert-OH is 1. The number of hydrogen-bond donors (Lipinski definition) is 2. The van der Waals surface area contributed by atoms with Crippen molar-refractivity contribution in [1.29, 1.82) is 0 Å². The molecule has 3 N–H and O–H groups in total. The van der Waals surface area contributed by atoms with Gasteiger partial charge in [0.1, 0.15) is 5.76 Å². The Morgan fingerprint density at radius 3 is 2.82 bits per heavy atom. The van der Waals surface area contributed by atoms with Gasteiger partial charge in [0.05, 0.1) is 12.4 Å². The smallest absolute Gasteiger partial charge is 0.126 e. The molecule has 1 aromatic rings. The number of rotatable bonds is 3. The molecule has 0 saturated heterocycles. The molecule has 1 fully saturated rings. The van der Waals surface area contributed by atoms with Crippen molar-refractivity contribution in [2.75, 3.05) is 6.54 Å². The van der Waals surface area contributed by atoms with Gasteiger partial charge in [-0.15, -0.1) is 0 Å². The summed E-state index contributed by atoms with van der Waals surface area (Å²) in [4.78, 5) is 0. The van der Waals surface area contributed by atoms with Crippen molar-refractivity contribution in [2.24, 2.45) is 11.1 Å². The minimum absolute atomic E-state index is 0.0476. The van der Waals surface area contributed by atoms with Crippen molar-refractivity contribution in [3.63, 3.8) is 0 Å². The highest BCUT2D eigenvalue weighted by Crippen LogP contribution is 2.42. The molecule has 0 spiro atoms. The van der Waals surface area contributed by atoms with E-state index in [0.717, 1.165) is 31.4 Å². The summed E-state index contributed by atoms with van der Waals surface area (Å²) in [6.45, 7) is 2.76. The van der Waals surface area contributed by atoms with Crippen LogP contribution in [0.3, 0.4) is 0 Å². The Labute approximate surface area is 102 Å². The van der Waals surface area contributed by atoms with Crippen LogP contribution in [0.25, 0.3) is 6.08 Å². The van der Waals surface area contributed by atoms with E-state index < -0.39 is 0 Å². The summed E-state index contributed by atoms with van der Waals surface area (Å²) < 4.78 is 5.34. The van der Waals surface area contributed by atoms with Crippen LogP contribution in [0.1, 0.15) is 38.4 Å². The quantitative estimate of drug-likeness (QED) is 0.846. The normalized spacial score (nSPS) is 30.5. The molecule has 0 atom stereocenters. The Balaban J connectivity index is 2.17. The second-order valence-corrected chi connectivity index (χ2v) is 5.06. The Hall–Kier alpha value is -1.06. The highest BCUT2D eigenvalue weighted by Gasteiger charge is 2.35. The second kappa shape index (κ2) is 5.07. The molecule has 1 aliphatic carbocycles. The van der Waals surface area contributed by atoms with Crippen LogP contribution in [0.4, 0.5) is 0 Å². The van der Waals surface area contributed by atoms with Gasteiger partial charge >= 0.3 is 0 Å². The van der Waals surface area contributed by atoms with Crippen molar-refractivity contribution in [3.05, 3.63) is 29.7 Å². The highest BCUT2D eigenvalue weighted by molar-refractivity contribution is 5.48. The molecular weight excluding hydrogens is 214 g/mol. The fraction of sp³-hybridized carbons (Fsp3) is 0.571. The average molecular weight is 235 g/mol. The monoisotopic (exact) mass is 235 g/mol.